The number of carbonyl (C=O) groups excluding carboxylic acids is 1. The number of hydrogen-bond donors (Lipinski definition) is 1. The molecule has 1 heterocycles. The van der Waals surface area contributed by atoms with E-state index in [1.807, 2.05) is 13.0 Å². The molecule has 1 aromatic heterocycles. The van der Waals surface area contributed by atoms with Crippen LogP contribution in [0.25, 0.3) is 11.4 Å². The Balaban J connectivity index is 2.14. The van der Waals surface area contributed by atoms with Crippen LogP contribution in [0.5, 0.6) is 0 Å². The van der Waals surface area contributed by atoms with Gasteiger partial charge in [-0.15, -0.1) is 10.2 Å². The fraction of sp³-hybridized carbons (Fsp3) is 0.400. The highest BCUT2D eigenvalue weighted by Gasteiger charge is 2.25. The molecule has 1 saturated carbocycles. The zero-order valence-electron chi connectivity index (χ0n) is 11.6. The van der Waals surface area contributed by atoms with E-state index in [2.05, 4.69) is 21.2 Å². The third kappa shape index (κ3) is 2.09. The molecule has 0 radical (unpaired) electrons. The maximum Gasteiger partial charge on any atom is 0.338 e. The molecule has 0 unspecified atom stereocenters. The molecule has 0 bridgehead atoms. The zero-order valence-corrected chi connectivity index (χ0v) is 11.6. The summed E-state index contributed by atoms with van der Waals surface area (Å²) in [5.41, 5.74) is 3.74. The molecule has 5 nitrogen and oxygen atoms in total. The molecule has 20 heavy (non-hydrogen) atoms. The fourth-order valence-electron chi connectivity index (χ4n) is 2.69. The van der Waals surface area contributed by atoms with Gasteiger partial charge in [0.05, 0.1) is 12.7 Å². The molecule has 2 aromatic rings. The van der Waals surface area contributed by atoms with Crippen molar-refractivity contribution >= 4 is 5.97 Å². The highest BCUT2D eigenvalue weighted by atomic mass is 16.5. The van der Waals surface area contributed by atoms with Crippen molar-refractivity contribution in [1.82, 2.24) is 15.2 Å². The van der Waals surface area contributed by atoms with E-state index in [4.69, 9.17) is 4.74 Å². The first-order valence-electron chi connectivity index (χ1n) is 6.80. The molecule has 1 fully saturated rings. The van der Waals surface area contributed by atoms with Gasteiger partial charge in [0.2, 0.25) is 0 Å². The van der Waals surface area contributed by atoms with Gasteiger partial charge in [-0.25, -0.2) is 4.79 Å². The summed E-state index contributed by atoms with van der Waals surface area (Å²) >= 11 is 0. The van der Waals surface area contributed by atoms with E-state index in [9.17, 15) is 4.79 Å². The smallest absolute Gasteiger partial charge is 0.338 e. The third-order valence-electron chi connectivity index (χ3n) is 4.09. The number of ether oxygens (including phenoxy) is 1. The normalized spacial score (nSPS) is 14.9. The average Bonchev–Trinajstić information content (AvgIpc) is 2.92. The molecule has 0 atom stereocenters. The topological polar surface area (TPSA) is 67.9 Å². The Labute approximate surface area is 117 Å². The van der Waals surface area contributed by atoms with Crippen molar-refractivity contribution < 1.29 is 9.53 Å². The predicted molar refractivity (Wildman–Crippen MR) is 74.5 cm³/mol. The van der Waals surface area contributed by atoms with Gasteiger partial charge in [0.25, 0.3) is 0 Å². The van der Waals surface area contributed by atoms with Crippen molar-refractivity contribution in [3.05, 3.63) is 35.2 Å². The number of aromatic nitrogens is 3. The number of esters is 1. The van der Waals surface area contributed by atoms with Crippen LogP contribution in [0.4, 0.5) is 0 Å². The van der Waals surface area contributed by atoms with Gasteiger partial charge >= 0.3 is 5.97 Å². The summed E-state index contributed by atoms with van der Waals surface area (Å²) in [6.07, 6.45) is 5.16. The van der Waals surface area contributed by atoms with Crippen molar-refractivity contribution in [2.24, 2.45) is 0 Å². The summed E-state index contributed by atoms with van der Waals surface area (Å²) in [6, 6.07) is 3.94. The number of methoxy groups -OCH3 is 1. The summed E-state index contributed by atoms with van der Waals surface area (Å²) in [7, 11) is 1.41. The summed E-state index contributed by atoms with van der Waals surface area (Å²) in [5.74, 6) is 0.918. The Kier molecular flexibility index (Phi) is 3.26. The third-order valence-corrected chi connectivity index (χ3v) is 4.09. The van der Waals surface area contributed by atoms with Crippen LogP contribution in [0.2, 0.25) is 0 Å². The highest BCUT2D eigenvalue weighted by molar-refractivity contribution is 5.93. The van der Waals surface area contributed by atoms with Gasteiger partial charge in [0.1, 0.15) is 6.33 Å². The standard InChI is InChI=1S/C15H17N3O2/c1-9-12(10-4-3-5-10)6-11(14-16-8-17-18-14)7-13(9)15(19)20-2/h6-8,10H,3-5H2,1-2H3,(H,16,17,18). The van der Waals surface area contributed by atoms with Crippen molar-refractivity contribution in [3.63, 3.8) is 0 Å². The lowest BCUT2D eigenvalue weighted by Crippen LogP contribution is -2.14. The van der Waals surface area contributed by atoms with Crippen LogP contribution in [0.3, 0.4) is 0 Å². The molecule has 1 N–H and O–H groups in total. The Morgan fingerprint density at radius 3 is 2.75 bits per heavy atom. The monoisotopic (exact) mass is 271 g/mol. The summed E-state index contributed by atoms with van der Waals surface area (Å²) in [4.78, 5) is 15.0. The molecular weight excluding hydrogens is 254 g/mol. The van der Waals surface area contributed by atoms with E-state index >= 15 is 0 Å². The maximum atomic E-state index is 12.0. The lowest BCUT2D eigenvalue weighted by molar-refractivity contribution is 0.0599. The first-order valence-corrected chi connectivity index (χ1v) is 6.80. The van der Waals surface area contributed by atoms with Crippen molar-refractivity contribution in [2.75, 3.05) is 7.11 Å². The number of aromatic amines is 1. The van der Waals surface area contributed by atoms with Gasteiger partial charge in [-0.3, -0.25) is 0 Å². The molecule has 3 rings (SSSR count). The minimum absolute atomic E-state index is 0.301. The number of rotatable bonds is 3. The summed E-state index contributed by atoms with van der Waals surface area (Å²) in [6.45, 7) is 1.99. The second-order valence-electron chi connectivity index (χ2n) is 5.19. The van der Waals surface area contributed by atoms with Gasteiger partial charge in [0, 0.05) is 5.56 Å². The zero-order chi connectivity index (χ0) is 14.1. The van der Waals surface area contributed by atoms with E-state index in [1.165, 1.54) is 38.3 Å². The molecule has 104 valence electrons. The average molecular weight is 271 g/mol. The van der Waals surface area contributed by atoms with Gasteiger partial charge < -0.3 is 9.72 Å². The number of benzene rings is 1. The van der Waals surface area contributed by atoms with E-state index in [-0.39, 0.29) is 5.97 Å². The first-order chi connectivity index (χ1) is 9.70. The van der Waals surface area contributed by atoms with Crippen molar-refractivity contribution in [3.8, 4) is 11.4 Å². The largest absolute Gasteiger partial charge is 0.465 e. The Bertz CT molecular complexity index is 631. The molecule has 0 saturated heterocycles. The Morgan fingerprint density at radius 1 is 1.40 bits per heavy atom. The molecule has 0 aliphatic heterocycles. The lowest BCUT2D eigenvalue weighted by Gasteiger charge is -2.28. The molecule has 1 aliphatic carbocycles. The van der Waals surface area contributed by atoms with Crippen LogP contribution in [0.15, 0.2) is 18.5 Å². The second-order valence-corrected chi connectivity index (χ2v) is 5.19. The number of hydrogen-bond acceptors (Lipinski definition) is 4. The van der Waals surface area contributed by atoms with Crippen LogP contribution >= 0.6 is 0 Å². The molecule has 1 aromatic carbocycles. The fourth-order valence-corrected chi connectivity index (χ4v) is 2.69. The lowest BCUT2D eigenvalue weighted by atomic mass is 9.77. The van der Waals surface area contributed by atoms with Gasteiger partial charge in [-0.2, -0.15) is 0 Å². The Morgan fingerprint density at radius 2 is 2.20 bits per heavy atom. The number of nitrogens with one attached hydrogen (secondary N) is 1. The molecule has 0 spiro atoms. The number of H-pyrrole nitrogens is 1. The minimum atomic E-state index is -0.301. The summed E-state index contributed by atoms with van der Waals surface area (Å²) < 4.78 is 4.89. The molecule has 0 amide bonds. The second kappa shape index (κ2) is 5.07. The Hall–Kier alpha value is -2.17. The number of carbonyl (C=O) groups is 1. The van der Waals surface area contributed by atoms with Gasteiger partial charge in [-0.05, 0) is 48.9 Å². The molecule has 1 aliphatic rings. The van der Waals surface area contributed by atoms with Crippen molar-refractivity contribution in [1.29, 1.82) is 0 Å². The van der Waals surface area contributed by atoms with E-state index < -0.39 is 0 Å². The maximum absolute atomic E-state index is 12.0. The van der Waals surface area contributed by atoms with Crippen LogP contribution in [0.1, 0.15) is 46.7 Å². The first kappa shape index (κ1) is 12.8. The van der Waals surface area contributed by atoms with Gasteiger partial charge in [-0.1, -0.05) is 6.42 Å². The van der Waals surface area contributed by atoms with Crippen LogP contribution in [0, 0.1) is 6.92 Å². The van der Waals surface area contributed by atoms with E-state index in [1.54, 1.807) is 0 Å². The van der Waals surface area contributed by atoms with E-state index in [0.29, 0.717) is 17.3 Å². The van der Waals surface area contributed by atoms with Crippen LogP contribution in [-0.2, 0) is 4.74 Å². The summed E-state index contributed by atoms with van der Waals surface area (Å²) in [5, 5.41) is 7.83. The van der Waals surface area contributed by atoms with Crippen LogP contribution < -0.4 is 0 Å². The predicted octanol–water partition coefficient (Wildman–Crippen LogP) is 2.83. The van der Waals surface area contributed by atoms with Crippen LogP contribution in [-0.4, -0.2) is 28.3 Å². The van der Waals surface area contributed by atoms with E-state index in [0.717, 1.165) is 11.1 Å². The molecular formula is C15H17N3O2. The highest BCUT2D eigenvalue weighted by Crippen LogP contribution is 2.40. The minimum Gasteiger partial charge on any atom is -0.465 e. The SMILES string of the molecule is COC(=O)c1cc(-c2nnc[nH]2)cc(C2CCC2)c1C. The van der Waals surface area contributed by atoms with Gasteiger partial charge in [0.15, 0.2) is 5.82 Å². The quantitative estimate of drug-likeness (QED) is 0.872. The number of nitrogens with zero attached hydrogens (tertiary/aromatic N) is 2. The molecule has 5 heteroatoms. The van der Waals surface area contributed by atoms with Crippen molar-refractivity contribution in [2.45, 2.75) is 32.1 Å².